The van der Waals surface area contributed by atoms with Crippen molar-refractivity contribution in [3.63, 3.8) is 0 Å². The number of nitrogens with two attached hydrogens (primary N) is 1. The van der Waals surface area contributed by atoms with E-state index in [-0.39, 0.29) is 5.78 Å². The number of nitrogens with zero attached hydrogens (tertiary/aromatic N) is 1. The number of hydrogen-bond acceptors (Lipinski definition) is 4. The van der Waals surface area contributed by atoms with Gasteiger partial charge in [0.15, 0.2) is 10.9 Å². The number of carbonyl (C=O) groups is 1. The smallest absolute Gasteiger partial charge is 0.180 e. The number of aryl methyl sites for hydroxylation is 1. The Hall–Kier alpha value is -0.900. The minimum absolute atomic E-state index is 0.122. The fraction of sp³-hybridized carbons (Fsp3) is 0.429. The Morgan fingerprint density at radius 3 is 2.73 bits per heavy atom. The lowest BCUT2D eigenvalue weighted by Crippen LogP contribution is -1.94. The summed E-state index contributed by atoms with van der Waals surface area (Å²) in [5, 5.41) is 0.472. The van der Waals surface area contributed by atoms with Crippen molar-refractivity contribution < 1.29 is 4.79 Å². The summed E-state index contributed by atoms with van der Waals surface area (Å²) in [4.78, 5) is 15.8. The van der Waals surface area contributed by atoms with Crippen LogP contribution >= 0.6 is 11.3 Å². The fourth-order valence-corrected chi connectivity index (χ4v) is 1.68. The third-order valence-corrected chi connectivity index (χ3v) is 2.42. The van der Waals surface area contributed by atoms with E-state index in [1.807, 2.05) is 6.92 Å². The van der Waals surface area contributed by atoms with Gasteiger partial charge < -0.3 is 5.73 Å². The van der Waals surface area contributed by atoms with Gasteiger partial charge in [-0.15, -0.1) is 0 Å². The van der Waals surface area contributed by atoms with Crippen LogP contribution in [0, 0.1) is 6.92 Å². The first kappa shape index (κ1) is 8.20. The van der Waals surface area contributed by atoms with Crippen LogP contribution in [0.4, 0.5) is 5.13 Å². The molecule has 0 atom stereocenters. The summed E-state index contributed by atoms with van der Waals surface area (Å²) < 4.78 is 0. The van der Waals surface area contributed by atoms with Gasteiger partial charge in [0.1, 0.15) is 0 Å². The van der Waals surface area contributed by atoms with Crippen molar-refractivity contribution in [3.8, 4) is 0 Å². The van der Waals surface area contributed by atoms with Crippen molar-refractivity contribution in [1.82, 2.24) is 4.98 Å². The van der Waals surface area contributed by atoms with Crippen LogP contribution in [0.15, 0.2) is 0 Å². The van der Waals surface area contributed by atoms with Gasteiger partial charge >= 0.3 is 0 Å². The normalized spacial score (nSPS) is 10.0. The Bertz CT molecular complexity index is 280. The van der Waals surface area contributed by atoms with Crippen LogP contribution < -0.4 is 5.73 Å². The fourth-order valence-electron chi connectivity index (χ4n) is 0.837. The van der Waals surface area contributed by atoms with Crippen LogP contribution in [-0.2, 0) is 0 Å². The van der Waals surface area contributed by atoms with Crippen molar-refractivity contribution in [1.29, 1.82) is 0 Å². The topological polar surface area (TPSA) is 56.0 Å². The highest BCUT2D eigenvalue weighted by Gasteiger charge is 2.11. The Morgan fingerprint density at radius 2 is 2.36 bits per heavy atom. The van der Waals surface area contributed by atoms with Crippen molar-refractivity contribution in [2.75, 3.05) is 5.73 Å². The number of anilines is 1. The van der Waals surface area contributed by atoms with Crippen LogP contribution in [0.25, 0.3) is 0 Å². The molecule has 3 nitrogen and oxygen atoms in total. The molecule has 11 heavy (non-hydrogen) atoms. The number of Topliss-reactive ketones (excluding diaryl/α,β-unsaturated/α-hetero) is 1. The molecule has 0 radical (unpaired) electrons. The molecule has 0 unspecified atom stereocenters. The van der Waals surface area contributed by atoms with Gasteiger partial charge in [-0.2, -0.15) is 0 Å². The molecule has 1 aromatic rings. The molecular weight excluding hydrogens is 160 g/mol. The van der Waals surface area contributed by atoms with Crippen LogP contribution in [0.1, 0.15) is 28.7 Å². The monoisotopic (exact) mass is 170 g/mol. The van der Waals surface area contributed by atoms with E-state index in [1.54, 1.807) is 6.92 Å². The molecule has 0 aliphatic carbocycles. The molecular formula is C7H10N2OS. The molecule has 0 aliphatic heterocycles. The molecule has 60 valence electrons. The average molecular weight is 170 g/mol. The lowest BCUT2D eigenvalue weighted by atomic mass is 10.2. The van der Waals surface area contributed by atoms with Gasteiger partial charge in [-0.3, -0.25) is 4.79 Å². The summed E-state index contributed by atoms with van der Waals surface area (Å²) in [6.45, 7) is 3.63. The zero-order valence-corrected chi connectivity index (χ0v) is 7.36. The van der Waals surface area contributed by atoms with E-state index in [0.717, 1.165) is 5.69 Å². The maximum absolute atomic E-state index is 11.2. The zero-order chi connectivity index (χ0) is 8.43. The minimum atomic E-state index is 0.122. The van der Waals surface area contributed by atoms with E-state index in [2.05, 4.69) is 4.98 Å². The van der Waals surface area contributed by atoms with Gasteiger partial charge in [0, 0.05) is 6.42 Å². The largest absolute Gasteiger partial charge is 0.375 e. The molecule has 0 saturated heterocycles. The highest BCUT2D eigenvalue weighted by atomic mass is 32.1. The zero-order valence-electron chi connectivity index (χ0n) is 6.55. The minimum Gasteiger partial charge on any atom is -0.375 e. The lowest BCUT2D eigenvalue weighted by Gasteiger charge is -1.90. The number of hydrogen-bond donors (Lipinski definition) is 1. The molecule has 4 heteroatoms. The Morgan fingerprint density at radius 1 is 1.73 bits per heavy atom. The van der Waals surface area contributed by atoms with Gasteiger partial charge in [0.05, 0.1) is 10.6 Å². The lowest BCUT2D eigenvalue weighted by molar-refractivity contribution is 0.0991. The number of thiazole rings is 1. The Balaban J connectivity index is 3.03. The molecule has 1 heterocycles. The molecule has 0 aromatic carbocycles. The second-order valence-electron chi connectivity index (χ2n) is 2.24. The highest BCUT2D eigenvalue weighted by molar-refractivity contribution is 7.17. The third kappa shape index (κ3) is 1.57. The van der Waals surface area contributed by atoms with Gasteiger partial charge in [-0.1, -0.05) is 18.3 Å². The third-order valence-electron chi connectivity index (χ3n) is 1.39. The van der Waals surface area contributed by atoms with E-state index >= 15 is 0 Å². The summed E-state index contributed by atoms with van der Waals surface area (Å²) in [6, 6.07) is 0. The Kier molecular flexibility index (Phi) is 2.24. The van der Waals surface area contributed by atoms with Crippen LogP contribution in [-0.4, -0.2) is 10.8 Å². The SMILES string of the molecule is CCC(=O)c1sc(N)nc1C. The van der Waals surface area contributed by atoms with Crippen molar-refractivity contribution in [2.45, 2.75) is 20.3 Å². The summed E-state index contributed by atoms with van der Waals surface area (Å²) in [6.07, 6.45) is 0.516. The highest BCUT2D eigenvalue weighted by Crippen LogP contribution is 2.20. The molecule has 0 amide bonds. The second kappa shape index (κ2) is 3.00. The van der Waals surface area contributed by atoms with Crippen LogP contribution in [0.3, 0.4) is 0 Å². The molecule has 0 saturated carbocycles. The number of carbonyl (C=O) groups excluding carboxylic acids is 1. The molecule has 1 aromatic heterocycles. The van der Waals surface area contributed by atoms with Crippen molar-refractivity contribution >= 4 is 22.3 Å². The maximum atomic E-state index is 11.2. The molecule has 2 N–H and O–H groups in total. The van der Waals surface area contributed by atoms with E-state index in [1.165, 1.54) is 11.3 Å². The molecule has 0 bridgehead atoms. The van der Waals surface area contributed by atoms with Gasteiger partial charge in [0.2, 0.25) is 0 Å². The number of aromatic nitrogens is 1. The Labute approximate surface area is 69.3 Å². The molecule has 1 rings (SSSR count). The standard InChI is InChI=1S/C7H10N2OS/c1-3-5(10)6-4(2)9-7(8)11-6/h3H2,1-2H3,(H2,8,9). The van der Waals surface area contributed by atoms with E-state index < -0.39 is 0 Å². The van der Waals surface area contributed by atoms with E-state index in [0.29, 0.717) is 16.4 Å². The van der Waals surface area contributed by atoms with Crippen molar-refractivity contribution in [2.24, 2.45) is 0 Å². The van der Waals surface area contributed by atoms with Crippen LogP contribution in [0.2, 0.25) is 0 Å². The summed E-state index contributed by atoms with van der Waals surface area (Å²) in [5.41, 5.74) is 6.18. The number of ketones is 1. The average Bonchev–Trinajstić information content (AvgIpc) is 2.28. The molecule has 0 aliphatic rings. The number of nitrogen functional groups attached to an aromatic ring is 1. The van der Waals surface area contributed by atoms with E-state index in [9.17, 15) is 4.79 Å². The van der Waals surface area contributed by atoms with Gasteiger partial charge in [-0.05, 0) is 6.92 Å². The predicted molar refractivity (Wildman–Crippen MR) is 45.9 cm³/mol. The summed E-state index contributed by atoms with van der Waals surface area (Å²) in [7, 11) is 0. The number of rotatable bonds is 2. The maximum Gasteiger partial charge on any atom is 0.180 e. The molecule has 0 fully saturated rings. The quantitative estimate of drug-likeness (QED) is 0.686. The second-order valence-corrected chi connectivity index (χ2v) is 3.27. The van der Waals surface area contributed by atoms with E-state index in [4.69, 9.17) is 5.73 Å². The predicted octanol–water partition coefficient (Wildman–Crippen LogP) is 1.63. The first-order valence-electron chi connectivity index (χ1n) is 3.41. The molecule has 0 spiro atoms. The van der Waals surface area contributed by atoms with Crippen molar-refractivity contribution in [3.05, 3.63) is 10.6 Å². The van der Waals surface area contributed by atoms with Crippen LogP contribution in [0.5, 0.6) is 0 Å². The summed E-state index contributed by atoms with van der Waals surface area (Å²) in [5.74, 6) is 0.122. The summed E-state index contributed by atoms with van der Waals surface area (Å²) >= 11 is 1.26. The first-order chi connectivity index (χ1) is 5.15. The van der Waals surface area contributed by atoms with Gasteiger partial charge in [-0.25, -0.2) is 4.98 Å². The first-order valence-corrected chi connectivity index (χ1v) is 4.23. The van der Waals surface area contributed by atoms with Gasteiger partial charge in [0.25, 0.3) is 0 Å².